The smallest absolute Gasteiger partial charge is 0.275 e. The van der Waals surface area contributed by atoms with E-state index in [2.05, 4.69) is 15.5 Å². The lowest BCUT2D eigenvalue weighted by Crippen LogP contribution is -2.22. The van der Waals surface area contributed by atoms with Crippen LogP contribution in [0.1, 0.15) is 23.8 Å². The Kier molecular flexibility index (Phi) is 4.33. The Hall–Kier alpha value is -2.74. The van der Waals surface area contributed by atoms with E-state index in [-0.39, 0.29) is 18.4 Å². The van der Waals surface area contributed by atoms with Crippen molar-refractivity contribution in [3.63, 3.8) is 0 Å². The second-order valence-electron chi connectivity index (χ2n) is 4.99. The van der Waals surface area contributed by atoms with Crippen LogP contribution in [0.25, 0.3) is 0 Å². The number of nitrogens with zero attached hydrogens (tertiary/aromatic N) is 2. The highest BCUT2D eigenvalue weighted by Crippen LogP contribution is 2.27. The molecule has 23 heavy (non-hydrogen) atoms. The van der Waals surface area contributed by atoms with Crippen LogP contribution in [0.4, 0.5) is 5.13 Å². The summed E-state index contributed by atoms with van der Waals surface area (Å²) in [6, 6.07) is 9.59. The van der Waals surface area contributed by atoms with Gasteiger partial charge in [0.2, 0.25) is 5.91 Å². The lowest BCUT2D eigenvalue weighted by molar-refractivity contribution is -0.117. The fourth-order valence-corrected chi connectivity index (χ4v) is 2.86. The Labute approximate surface area is 136 Å². The molecular formula is C15H14N4O3S. The number of anilines is 1. The predicted octanol–water partition coefficient (Wildman–Crippen LogP) is 1.63. The molecule has 2 heterocycles. The second-order valence-corrected chi connectivity index (χ2v) is 5.85. The maximum atomic E-state index is 12.2. The van der Waals surface area contributed by atoms with E-state index in [0.717, 1.165) is 5.56 Å². The molecule has 118 valence electrons. The van der Waals surface area contributed by atoms with Crippen LogP contribution in [0, 0.1) is 0 Å². The number of benzene rings is 1. The molecule has 2 amide bonds. The molecule has 0 saturated carbocycles. The van der Waals surface area contributed by atoms with Crippen LogP contribution in [0.15, 0.2) is 40.9 Å². The van der Waals surface area contributed by atoms with Gasteiger partial charge in [-0.05, 0) is 5.56 Å². The third kappa shape index (κ3) is 3.72. The van der Waals surface area contributed by atoms with Gasteiger partial charge in [0.15, 0.2) is 11.2 Å². The van der Waals surface area contributed by atoms with Crippen molar-refractivity contribution in [1.29, 1.82) is 0 Å². The van der Waals surface area contributed by atoms with Crippen LogP contribution in [-0.4, -0.2) is 22.5 Å². The van der Waals surface area contributed by atoms with Crippen LogP contribution in [0.5, 0.6) is 0 Å². The fourth-order valence-electron chi connectivity index (χ4n) is 2.15. The molecular weight excluding hydrogens is 316 g/mol. The first kappa shape index (κ1) is 15.2. The number of carbonyl (C=O) groups is 2. The first-order chi connectivity index (χ1) is 11.1. The molecule has 1 aliphatic heterocycles. The summed E-state index contributed by atoms with van der Waals surface area (Å²) in [5.74, 6) is -0.823. The monoisotopic (exact) mass is 330 g/mol. The van der Waals surface area contributed by atoms with Gasteiger partial charge in [0.25, 0.3) is 5.91 Å². The van der Waals surface area contributed by atoms with E-state index in [9.17, 15) is 9.59 Å². The Morgan fingerprint density at radius 1 is 1.35 bits per heavy atom. The van der Waals surface area contributed by atoms with Gasteiger partial charge < -0.3 is 10.6 Å². The van der Waals surface area contributed by atoms with Crippen molar-refractivity contribution in [2.24, 2.45) is 10.9 Å². The number of thiazole rings is 1. The minimum atomic E-state index is -0.465. The van der Waals surface area contributed by atoms with Gasteiger partial charge in [-0.3, -0.25) is 14.9 Å². The molecule has 3 N–H and O–H groups in total. The normalized spacial score (nSPS) is 16.5. The first-order valence-corrected chi connectivity index (χ1v) is 7.81. The molecule has 0 radical (unpaired) electrons. The van der Waals surface area contributed by atoms with E-state index < -0.39 is 5.91 Å². The van der Waals surface area contributed by atoms with Crippen LogP contribution in [0.2, 0.25) is 0 Å². The zero-order valence-electron chi connectivity index (χ0n) is 12.1. The maximum absolute atomic E-state index is 12.2. The Balaban J connectivity index is 1.59. The van der Waals surface area contributed by atoms with Crippen molar-refractivity contribution >= 4 is 34.0 Å². The highest BCUT2D eigenvalue weighted by molar-refractivity contribution is 7.14. The van der Waals surface area contributed by atoms with Crippen molar-refractivity contribution in [3.8, 4) is 0 Å². The van der Waals surface area contributed by atoms with Crippen molar-refractivity contribution in [2.75, 3.05) is 5.32 Å². The largest absolute Gasteiger partial charge is 0.387 e. The molecule has 1 aromatic heterocycles. The molecule has 0 aliphatic carbocycles. The number of primary amides is 1. The summed E-state index contributed by atoms with van der Waals surface area (Å²) < 4.78 is 0. The van der Waals surface area contributed by atoms with Gasteiger partial charge >= 0.3 is 0 Å². The molecule has 0 unspecified atom stereocenters. The van der Waals surface area contributed by atoms with Crippen molar-refractivity contribution in [2.45, 2.75) is 18.9 Å². The van der Waals surface area contributed by atoms with Crippen molar-refractivity contribution < 1.29 is 14.4 Å². The molecule has 7 nitrogen and oxygen atoms in total. The number of amides is 2. The average molecular weight is 330 g/mol. The third-order valence-corrected chi connectivity index (χ3v) is 4.04. The van der Waals surface area contributed by atoms with E-state index in [1.54, 1.807) is 5.38 Å². The number of nitrogens with one attached hydrogen (secondary N) is 1. The molecule has 1 aliphatic rings. The highest BCUT2D eigenvalue weighted by Gasteiger charge is 2.27. The van der Waals surface area contributed by atoms with Gasteiger partial charge in [-0.25, -0.2) is 4.98 Å². The van der Waals surface area contributed by atoms with Gasteiger partial charge in [-0.15, -0.1) is 11.3 Å². The van der Waals surface area contributed by atoms with E-state index in [0.29, 0.717) is 23.0 Å². The van der Waals surface area contributed by atoms with Gasteiger partial charge in [0, 0.05) is 11.8 Å². The zero-order valence-corrected chi connectivity index (χ0v) is 12.9. The fraction of sp³-hybridized carbons (Fsp3) is 0.200. The van der Waals surface area contributed by atoms with E-state index in [1.165, 1.54) is 11.3 Å². The summed E-state index contributed by atoms with van der Waals surface area (Å²) in [7, 11) is 0. The minimum Gasteiger partial charge on any atom is -0.387 e. The van der Waals surface area contributed by atoms with Crippen molar-refractivity contribution in [1.82, 2.24) is 4.98 Å². The summed E-state index contributed by atoms with van der Waals surface area (Å²) in [6.07, 6.45) is 0.195. The Morgan fingerprint density at radius 3 is 2.87 bits per heavy atom. The summed E-state index contributed by atoms with van der Waals surface area (Å²) in [5, 5.41) is 8.59. The Bertz CT molecular complexity index is 757. The topological polar surface area (TPSA) is 107 Å². The summed E-state index contributed by atoms with van der Waals surface area (Å²) in [6.45, 7) is 0. The molecule has 0 saturated heterocycles. The summed E-state index contributed by atoms with van der Waals surface area (Å²) in [5.41, 5.74) is 6.92. The number of aromatic nitrogens is 1. The van der Waals surface area contributed by atoms with E-state index in [4.69, 9.17) is 10.6 Å². The summed E-state index contributed by atoms with van der Waals surface area (Å²) in [4.78, 5) is 32.5. The number of oxime groups is 1. The number of nitrogens with two attached hydrogens (primary N) is 1. The van der Waals surface area contributed by atoms with E-state index in [1.807, 2.05) is 30.3 Å². The highest BCUT2D eigenvalue weighted by atomic mass is 32.1. The standard InChI is InChI=1S/C15H14N4O3S/c16-13(20)6-10-8-23-15(17-10)18-14(21)11-7-12(22-19-11)9-4-2-1-3-5-9/h1-5,8,12H,6-7H2,(H2,16,20)(H,17,18,21)/t12-/m1/s1. The number of hydrogen-bond acceptors (Lipinski definition) is 6. The molecule has 1 aromatic carbocycles. The van der Waals surface area contributed by atoms with Crippen molar-refractivity contribution in [3.05, 3.63) is 47.0 Å². The molecule has 0 bridgehead atoms. The Morgan fingerprint density at radius 2 is 2.13 bits per heavy atom. The zero-order chi connectivity index (χ0) is 16.2. The number of carbonyl (C=O) groups excluding carboxylic acids is 2. The molecule has 1 atom stereocenters. The van der Waals surface area contributed by atoms with Gasteiger partial charge in [0.1, 0.15) is 5.71 Å². The predicted molar refractivity (Wildman–Crippen MR) is 86.0 cm³/mol. The number of hydrogen-bond donors (Lipinski definition) is 2. The average Bonchev–Trinajstić information content (AvgIpc) is 3.17. The van der Waals surface area contributed by atoms with Gasteiger partial charge in [-0.1, -0.05) is 35.5 Å². The first-order valence-electron chi connectivity index (χ1n) is 6.93. The maximum Gasteiger partial charge on any atom is 0.275 e. The van der Waals surface area contributed by atoms with Crippen LogP contribution in [0.3, 0.4) is 0 Å². The van der Waals surface area contributed by atoms with Crippen LogP contribution >= 0.6 is 11.3 Å². The SMILES string of the molecule is NC(=O)Cc1csc(NC(=O)C2=NO[C@@H](c3ccccc3)C2)n1. The van der Waals surface area contributed by atoms with Gasteiger partial charge in [0.05, 0.1) is 12.1 Å². The van der Waals surface area contributed by atoms with Crippen LogP contribution in [-0.2, 0) is 20.8 Å². The molecule has 0 spiro atoms. The van der Waals surface area contributed by atoms with E-state index >= 15 is 0 Å². The lowest BCUT2D eigenvalue weighted by Gasteiger charge is -2.07. The van der Waals surface area contributed by atoms with Crippen LogP contribution < -0.4 is 11.1 Å². The molecule has 8 heteroatoms. The number of rotatable bonds is 5. The third-order valence-electron chi connectivity index (χ3n) is 3.23. The summed E-state index contributed by atoms with van der Waals surface area (Å²) >= 11 is 1.23. The second kappa shape index (κ2) is 6.57. The molecule has 0 fully saturated rings. The minimum absolute atomic E-state index is 0.0481. The van der Waals surface area contributed by atoms with Gasteiger partial charge in [-0.2, -0.15) is 0 Å². The lowest BCUT2D eigenvalue weighted by atomic mass is 10.0. The molecule has 2 aromatic rings. The quantitative estimate of drug-likeness (QED) is 0.868. The molecule has 3 rings (SSSR count).